The number of benzene rings is 1. The number of para-hydroxylation sites is 1. The first-order valence-corrected chi connectivity index (χ1v) is 5.54. The number of pyridine rings is 1. The lowest BCUT2D eigenvalue weighted by atomic mass is 10.2. The SMILES string of the molecule is O=S(=O)(O)O.O=c1ccc2ccccc2[nH]1. The first-order chi connectivity index (χ1) is 7.36. The average molecular weight is 243 g/mol. The Hall–Kier alpha value is -1.70. The van der Waals surface area contributed by atoms with Crippen LogP contribution in [0, 0.1) is 0 Å². The second kappa shape index (κ2) is 4.88. The fraction of sp³-hybridized carbons (Fsp3) is 0. The molecule has 3 N–H and O–H groups in total. The van der Waals surface area contributed by atoms with E-state index in [0.717, 1.165) is 10.9 Å². The third-order valence-corrected chi connectivity index (χ3v) is 1.63. The van der Waals surface area contributed by atoms with Gasteiger partial charge in [-0.3, -0.25) is 13.9 Å². The van der Waals surface area contributed by atoms with Gasteiger partial charge in [-0.2, -0.15) is 8.42 Å². The number of rotatable bonds is 0. The molecule has 0 unspecified atom stereocenters. The molecule has 2 rings (SSSR count). The van der Waals surface area contributed by atoms with Crippen LogP contribution in [0.15, 0.2) is 41.2 Å². The van der Waals surface area contributed by atoms with Crippen LogP contribution < -0.4 is 5.56 Å². The predicted octanol–water partition coefficient (Wildman–Crippen LogP) is 0.875. The number of fused-ring (bicyclic) bond motifs is 1. The molecular formula is C9H9NO5S. The summed E-state index contributed by atoms with van der Waals surface area (Å²) in [6.07, 6.45) is 0. The normalized spacial score (nSPS) is 10.6. The molecule has 0 atom stereocenters. The maximum Gasteiger partial charge on any atom is 0.394 e. The van der Waals surface area contributed by atoms with Crippen LogP contribution in [0.25, 0.3) is 10.9 Å². The van der Waals surface area contributed by atoms with E-state index in [1.807, 2.05) is 30.3 Å². The van der Waals surface area contributed by atoms with Gasteiger partial charge in [-0.15, -0.1) is 0 Å². The maximum absolute atomic E-state index is 10.8. The van der Waals surface area contributed by atoms with Crippen molar-refractivity contribution in [3.8, 4) is 0 Å². The maximum atomic E-state index is 10.8. The Balaban J connectivity index is 0.000000221. The summed E-state index contributed by atoms with van der Waals surface area (Å²) in [5.74, 6) is 0. The van der Waals surface area contributed by atoms with Crippen LogP contribution in [0.1, 0.15) is 0 Å². The molecule has 16 heavy (non-hydrogen) atoms. The van der Waals surface area contributed by atoms with Gasteiger partial charge in [0.05, 0.1) is 0 Å². The smallest absolute Gasteiger partial charge is 0.322 e. The van der Waals surface area contributed by atoms with Crippen LogP contribution in [-0.4, -0.2) is 22.5 Å². The van der Waals surface area contributed by atoms with Crippen molar-refractivity contribution in [3.05, 3.63) is 46.8 Å². The molecule has 0 bridgehead atoms. The predicted molar refractivity (Wildman–Crippen MR) is 58.7 cm³/mol. The Bertz CT molecular complexity index is 623. The summed E-state index contributed by atoms with van der Waals surface area (Å²) < 4.78 is 31.6. The van der Waals surface area contributed by atoms with Crippen molar-refractivity contribution in [2.24, 2.45) is 0 Å². The molecule has 1 heterocycles. The van der Waals surface area contributed by atoms with E-state index in [1.54, 1.807) is 0 Å². The molecule has 0 fully saturated rings. The summed E-state index contributed by atoms with van der Waals surface area (Å²) in [6, 6.07) is 11.0. The minimum Gasteiger partial charge on any atom is -0.322 e. The fourth-order valence-corrected chi connectivity index (χ4v) is 1.10. The highest BCUT2D eigenvalue weighted by Gasteiger charge is 1.89. The molecule has 7 heteroatoms. The molecule has 86 valence electrons. The summed E-state index contributed by atoms with van der Waals surface area (Å²) in [7, 11) is -4.67. The zero-order valence-electron chi connectivity index (χ0n) is 7.99. The molecule has 0 aliphatic rings. The van der Waals surface area contributed by atoms with E-state index in [1.165, 1.54) is 6.07 Å². The molecule has 0 aliphatic heterocycles. The van der Waals surface area contributed by atoms with E-state index < -0.39 is 10.4 Å². The zero-order chi connectivity index (χ0) is 12.2. The topological polar surface area (TPSA) is 107 Å². The van der Waals surface area contributed by atoms with E-state index in [4.69, 9.17) is 17.5 Å². The highest BCUT2D eigenvalue weighted by molar-refractivity contribution is 7.79. The zero-order valence-corrected chi connectivity index (χ0v) is 8.81. The second-order valence-corrected chi connectivity index (χ2v) is 3.75. The Morgan fingerprint density at radius 2 is 1.56 bits per heavy atom. The minimum absolute atomic E-state index is 0.0521. The van der Waals surface area contributed by atoms with E-state index in [0.29, 0.717) is 0 Å². The Morgan fingerprint density at radius 3 is 2.19 bits per heavy atom. The standard InChI is InChI=1S/C9H7NO.H2O4S/c11-9-6-5-7-3-1-2-4-8(7)10-9;1-5(2,3)4/h1-6H,(H,10,11);(H2,1,2,3,4). The number of aromatic amines is 1. The number of nitrogens with one attached hydrogen (secondary N) is 1. The van der Waals surface area contributed by atoms with Crippen LogP contribution in [0.3, 0.4) is 0 Å². The highest BCUT2D eigenvalue weighted by atomic mass is 32.3. The number of aromatic nitrogens is 1. The van der Waals surface area contributed by atoms with Gasteiger partial charge in [-0.1, -0.05) is 18.2 Å². The molecule has 6 nitrogen and oxygen atoms in total. The highest BCUT2D eigenvalue weighted by Crippen LogP contribution is 2.06. The van der Waals surface area contributed by atoms with Crippen molar-refractivity contribution in [2.75, 3.05) is 0 Å². The number of hydrogen-bond donors (Lipinski definition) is 3. The van der Waals surface area contributed by atoms with Crippen molar-refractivity contribution in [1.82, 2.24) is 4.98 Å². The van der Waals surface area contributed by atoms with E-state index in [-0.39, 0.29) is 5.56 Å². The Labute approximate surface area is 91.1 Å². The third kappa shape index (κ3) is 4.69. The van der Waals surface area contributed by atoms with Gasteiger partial charge < -0.3 is 4.98 Å². The van der Waals surface area contributed by atoms with Gasteiger partial charge in [0.1, 0.15) is 0 Å². The first-order valence-electron chi connectivity index (χ1n) is 4.14. The molecule has 0 saturated heterocycles. The van der Waals surface area contributed by atoms with Crippen molar-refractivity contribution in [3.63, 3.8) is 0 Å². The van der Waals surface area contributed by atoms with Gasteiger partial charge in [0.15, 0.2) is 0 Å². The Morgan fingerprint density at radius 1 is 1.00 bits per heavy atom. The lowest BCUT2D eigenvalue weighted by Gasteiger charge is -1.93. The summed E-state index contributed by atoms with van der Waals surface area (Å²) in [5, 5.41) is 1.06. The van der Waals surface area contributed by atoms with E-state index in [9.17, 15) is 4.79 Å². The molecule has 0 spiro atoms. The molecule has 2 aromatic rings. The molecule has 0 radical (unpaired) electrons. The van der Waals surface area contributed by atoms with E-state index in [2.05, 4.69) is 4.98 Å². The molecule has 0 amide bonds. The first kappa shape index (κ1) is 12.4. The van der Waals surface area contributed by atoms with Crippen LogP contribution in [0.4, 0.5) is 0 Å². The number of H-pyrrole nitrogens is 1. The Kier molecular flexibility index (Phi) is 3.78. The largest absolute Gasteiger partial charge is 0.394 e. The van der Waals surface area contributed by atoms with Crippen molar-refractivity contribution in [2.45, 2.75) is 0 Å². The second-order valence-electron chi connectivity index (χ2n) is 2.86. The van der Waals surface area contributed by atoms with Crippen molar-refractivity contribution < 1.29 is 17.5 Å². The molecule has 1 aromatic carbocycles. The number of hydrogen-bond acceptors (Lipinski definition) is 3. The van der Waals surface area contributed by atoms with Crippen molar-refractivity contribution in [1.29, 1.82) is 0 Å². The fourth-order valence-electron chi connectivity index (χ4n) is 1.10. The van der Waals surface area contributed by atoms with Gasteiger partial charge in [0.2, 0.25) is 5.56 Å². The van der Waals surface area contributed by atoms with Crippen molar-refractivity contribution >= 4 is 21.3 Å². The summed E-state index contributed by atoms with van der Waals surface area (Å²) in [6.45, 7) is 0. The van der Waals surface area contributed by atoms with Crippen LogP contribution in [0.2, 0.25) is 0 Å². The van der Waals surface area contributed by atoms with Gasteiger partial charge >= 0.3 is 10.4 Å². The lowest BCUT2D eigenvalue weighted by Crippen LogP contribution is -2.01. The van der Waals surface area contributed by atoms with Crippen LogP contribution in [0.5, 0.6) is 0 Å². The van der Waals surface area contributed by atoms with Crippen LogP contribution in [-0.2, 0) is 10.4 Å². The third-order valence-electron chi connectivity index (χ3n) is 1.63. The van der Waals surface area contributed by atoms with Gasteiger partial charge in [0, 0.05) is 11.6 Å². The quantitative estimate of drug-likeness (QED) is 0.595. The minimum atomic E-state index is -4.67. The monoisotopic (exact) mass is 243 g/mol. The molecule has 1 aromatic heterocycles. The van der Waals surface area contributed by atoms with Gasteiger partial charge in [0.25, 0.3) is 0 Å². The van der Waals surface area contributed by atoms with Gasteiger partial charge in [-0.25, -0.2) is 0 Å². The summed E-state index contributed by atoms with van der Waals surface area (Å²) >= 11 is 0. The lowest BCUT2D eigenvalue weighted by molar-refractivity contribution is 0.381. The summed E-state index contributed by atoms with van der Waals surface area (Å²) in [5.41, 5.74) is 0.837. The van der Waals surface area contributed by atoms with Crippen LogP contribution >= 0.6 is 0 Å². The van der Waals surface area contributed by atoms with Gasteiger partial charge in [-0.05, 0) is 17.5 Å². The molecular weight excluding hydrogens is 234 g/mol. The molecule has 0 aliphatic carbocycles. The summed E-state index contributed by atoms with van der Waals surface area (Å²) in [4.78, 5) is 13.6. The average Bonchev–Trinajstić information content (AvgIpc) is 2.15. The molecule has 0 saturated carbocycles. The van der Waals surface area contributed by atoms with E-state index >= 15 is 0 Å².